The average Bonchev–Trinajstić information content (AvgIpc) is 2.65. The molecule has 1 amide bonds. The summed E-state index contributed by atoms with van der Waals surface area (Å²) in [7, 11) is 0. The molecule has 0 aliphatic carbocycles. The number of carbonyl (C=O) groups is 2. The van der Waals surface area contributed by atoms with Crippen molar-refractivity contribution < 1.29 is 24.0 Å². The lowest BCUT2D eigenvalue weighted by Gasteiger charge is -2.29. The van der Waals surface area contributed by atoms with E-state index in [4.69, 9.17) is 9.47 Å². The van der Waals surface area contributed by atoms with Crippen LogP contribution in [0.25, 0.3) is 0 Å². The zero-order chi connectivity index (χ0) is 19.2. The van der Waals surface area contributed by atoms with Crippen LogP contribution in [0.2, 0.25) is 0 Å². The Morgan fingerprint density at radius 3 is 2.81 bits per heavy atom. The number of nitrogens with one attached hydrogen (secondary N) is 1. The summed E-state index contributed by atoms with van der Waals surface area (Å²) in [6.07, 6.45) is 0.830. The molecule has 27 heavy (non-hydrogen) atoms. The highest BCUT2D eigenvalue weighted by molar-refractivity contribution is 5.89. The van der Waals surface area contributed by atoms with Crippen molar-refractivity contribution in [2.45, 2.75) is 6.42 Å². The van der Waals surface area contributed by atoms with Crippen molar-refractivity contribution in [3.8, 4) is 5.75 Å². The maximum atomic E-state index is 12.2. The first-order valence-corrected chi connectivity index (χ1v) is 8.84. The largest absolute Gasteiger partial charge is 0.423 e. The van der Waals surface area contributed by atoms with Crippen LogP contribution in [-0.2, 0) is 14.3 Å². The summed E-state index contributed by atoms with van der Waals surface area (Å²) >= 11 is 0. The summed E-state index contributed by atoms with van der Waals surface area (Å²) in [6, 6.07) is 4.01. The van der Waals surface area contributed by atoms with Crippen LogP contribution in [0.15, 0.2) is 18.2 Å². The van der Waals surface area contributed by atoms with E-state index >= 15 is 0 Å². The zero-order valence-electron chi connectivity index (χ0n) is 14.9. The molecule has 2 aliphatic heterocycles. The van der Waals surface area contributed by atoms with Crippen LogP contribution in [0, 0.1) is 10.1 Å². The van der Waals surface area contributed by atoms with Crippen LogP contribution < -0.4 is 15.0 Å². The van der Waals surface area contributed by atoms with Crippen LogP contribution in [0.1, 0.15) is 6.42 Å². The summed E-state index contributed by atoms with van der Waals surface area (Å²) < 4.78 is 10.4. The first-order chi connectivity index (χ1) is 13.0. The number of fused-ring (bicyclic) bond motifs is 1. The molecule has 0 spiro atoms. The minimum atomic E-state index is -0.561. The van der Waals surface area contributed by atoms with Gasteiger partial charge in [-0.3, -0.25) is 19.8 Å². The normalized spacial score (nSPS) is 17.2. The predicted molar refractivity (Wildman–Crippen MR) is 95.8 cm³/mol. The predicted octanol–water partition coefficient (Wildman–Crippen LogP) is 0.159. The van der Waals surface area contributed by atoms with Gasteiger partial charge in [0.15, 0.2) is 5.75 Å². The summed E-state index contributed by atoms with van der Waals surface area (Å²) in [5.74, 6) is -0.667. The second kappa shape index (κ2) is 8.78. The monoisotopic (exact) mass is 378 g/mol. The molecule has 0 saturated carbocycles. The minimum Gasteiger partial charge on any atom is -0.423 e. The Bertz CT molecular complexity index is 719. The van der Waals surface area contributed by atoms with Crippen molar-refractivity contribution in [2.24, 2.45) is 0 Å². The standard InChI is InChI=1S/C17H22N4O6/c22-16(18-4-1-5-19-6-8-26-9-7-19)11-20-12-17(23)27-15-10-13(21(24)25)2-3-14(15)20/h2-3,10H,1,4-9,11-12H2,(H,18,22). The molecule has 0 unspecified atom stereocenters. The van der Waals surface area contributed by atoms with Crippen molar-refractivity contribution in [1.29, 1.82) is 0 Å². The molecule has 1 saturated heterocycles. The smallest absolute Gasteiger partial charge is 0.331 e. The molecule has 0 atom stereocenters. The number of benzene rings is 1. The van der Waals surface area contributed by atoms with Gasteiger partial charge in [0.1, 0.15) is 6.54 Å². The number of hydrogen-bond donors (Lipinski definition) is 1. The lowest BCUT2D eigenvalue weighted by Crippen LogP contribution is -2.44. The fourth-order valence-electron chi connectivity index (χ4n) is 3.08. The van der Waals surface area contributed by atoms with E-state index in [0.717, 1.165) is 39.3 Å². The van der Waals surface area contributed by atoms with Crippen LogP contribution in [0.3, 0.4) is 0 Å². The van der Waals surface area contributed by atoms with Gasteiger partial charge in [0, 0.05) is 25.7 Å². The second-order valence-corrected chi connectivity index (χ2v) is 6.40. The Balaban J connectivity index is 1.50. The highest BCUT2D eigenvalue weighted by Crippen LogP contribution is 2.34. The fourth-order valence-corrected chi connectivity index (χ4v) is 3.08. The van der Waals surface area contributed by atoms with Gasteiger partial charge in [-0.15, -0.1) is 0 Å². The molecular formula is C17H22N4O6. The lowest BCUT2D eigenvalue weighted by atomic mass is 10.2. The lowest BCUT2D eigenvalue weighted by molar-refractivity contribution is -0.384. The molecule has 146 valence electrons. The van der Waals surface area contributed by atoms with Crippen LogP contribution in [0.5, 0.6) is 5.75 Å². The number of non-ortho nitro benzene ring substituents is 1. The third-order valence-corrected chi connectivity index (χ3v) is 4.45. The molecule has 0 aromatic heterocycles. The van der Waals surface area contributed by atoms with Crippen molar-refractivity contribution in [3.63, 3.8) is 0 Å². The van der Waals surface area contributed by atoms with Crippen molar-refractivity contribution >= 4 is 23.3 Å². The first kappa shape index (κ1) is 19.1. The number of nitro groups is 1. The van der Waals surface area contributed by atoms with Crippen LogP contribution in [-0.4, -0.2) is 74.2 Å². The van der Waals surface area contributed by atoms with Gasteiger partial charge in [0.05, 0.1) is 36.4 Å². The van der Waals surface area contributed by atoms with Gasteiger partial charge in [0.25, 0.3) is 5.69 Å². The number of nitro benzene ring substituents is 1. The van der Waals surface area contributed by atoms with Crippen molar-refractivity contribution in [2.75, 3.05) is 57.4 Å². The Kier molecular flexibility index (Phi) is 6.20. The van der Waals surface area contributed by atoms with Crippen molar-refractivity contribution in [3.05, 3.63) is 28.3 Å². The maximum Gasteiger partial charge on any atom is 0.331 e. The molecule has 2 aliphatic rings. The Labute approximate surface area is 156 Å². The molecule has 10 heteroatoms. The zero-order valence-corrected chi connectivity index (χ0v) is 14.9. The molecular weight excluding hydrogens is 356 g/mol. The number of esters is 1. The number of morpholine rings is 1. The molecule has 3 rings (SSSR count). The molecule has 1 fully saturated rings. The van der Waals surface area contributed by atoms with E-state index in [9.17, 15) is 19.7 Å². The van der Waals surface area contributed by atoms with Gasteiger partial charge >= 0.3 is 5.97 Å². The summed E-state index contributed by atoms with van der Waals surface area (Å²) in [6.45, 7) is 4.65. The molecule has 0 radical (unpaired) electrons. The maximum absolute atomic E-state index is 12.2. The number of nitrogens with zero attached hydrogens (tertiary/aromatic N) is 3. The van der Waals surface area contributed by atoms with Crippen LogP contribution in [0.4, 0.5) is 11.4 Å². The van der Waals surface area contributed by atoms with Gasteiger partial charge in [-0.2, -0.15) is 0 Å². The third-order valence-electron chi connectivity index (χ3n) is 4.45. The SMILES string of the molecule is O=C(CN1CC(=O)Oc2cc([N+](=O)[O-])ccc21)NCCCN1CCOCC1. The summed E-state index contributed by atoms with van der Waals surface area (Å²) in [4.78, 5) is 38.1. The van der Waals surface area contributed by atoms with Gasteiger partial charge < -0.3 is 19.7 Å². The van der Waals surface area contributed by atoms with Gasteiger partial charge in [-0.1, -0.05) is 0 Å². The summed E-state index contributed by atoms with van der Waals surface area (Å²) in [5.41, 5.74) is 0.319. The molecule has 1 aromatic rings. The first-order valence-electron chi connectivity index (χ1n) is 8.84. The number of anilines is 1. The van der Waals surface area contributed by atoms with Crippen LogP contribution >= 0.6 is 0 Å². The van der Waals surface area contributed by atoms with E-state index in [0.29, 0.717) is 12.2 Å². The van der Waals surface area contributed by atoms with E-state index in [1.54, 1.807) is 4.90 Å². The molecule has 0 bridgehead atoms. The highest BCUT2D eigenvalue weighted by Gasteiger charge is 2.27. The average molecular weight is 378 g/mol. The molecule has 10 nitrogen and oxygen atoms in total. The molecule has 2 heterocycles. The Hall–Kier alpha value is -2.72. The van der Waals surface area contributed by atoms with E-state index in [1.807, 2.05) is 0 Å². The van der Waals surface area contributed by atoms with E-state index in [-0.39, 0.29) is 30.4 Å². The van der Waals surface area contributed by atoms with E-state index < -0.39 is 10.9 Å². The van der Waals surface area contributed by atoms with E-state index in [1.165, 1.54) is 18.2 Å². The Morgan fingerprint density at radius 1 is 1.30 bits per heavy atom. The number of hydrogen-bond acceptors (Lipinski definition) is 8. The molecule has 1 aromatic carbocycles. The quantitative estimate of drug-likeness (QED) is 0.235. The van der Waals surface area contributed by atoms with Gasteiger partial charge in [-0.25, -0.2) is 4.79 Å². The number of rotatable bonds is 7. The second-order valence-electron chi connectivity index (χ2n) is 6.40. The highest BCUT2D eigenvalue weighted by atomic mass is 16.6. The number of carbonyl (C=O) groups excluding carboxylic acids is 2. The van der Waals surface area contributed by atoms with Crippen molar-refractivity contribution in [1.82, 2.24) is 10.2 Å². The van der Waals surface area contributed by atoms with Gasteiger partial charge in [-0.05, 0) is 19.0 Å². The van der Waals surface area contributed by atoms with E-state index in [2.05, 4.69) is 10.2 Å². The topological polar surface area (TPSA) is 114 Å². The molecule has 1 N–H and O–H groups in total. The third kappa shape index (κ3) is 5.14. The number of ether oxygens (including phenoxy) is 2. The number of amides is 1. The fraction of sp³-hybridized carbons (Fsp3) is 0.529. The summed E-state index contributed by atoms with van der Waals surface area (Å²) in [5, 5.41) is 13.7. The Morgan fingerprint density at radius 2 is 2.07 bits per heavy atom. The minimum absolute atomic E-state index is 0.0164. The van der Waals surface area contributed by atoms with Gasteiger partial charge in [0.2, 0.25) is 5.91 Å².